The number of hydrogen-bond acceptors (Lipinski definition) is 0. The van der Waals surface area contributed by atoms with E-state index in [1.807, 2.05) is 0 Å². The molecular formula is C4H9Cl9Si4. The Morgan fingerprint density at radius 2 is 1.29 bits per heavy atom. The average molecular weight is 489 g/mol. The standard InChI is InChI=1S/C4H9Cl9Si4/c1-15(7,8)4(14(5)6)16(9,10)2-3-17(11,12)13/h4,14H,2-3H2,1H3. The molecule has 1 unspecified atom stereocenters. The lowest BCUT2D eigenvalue weighted by atomic mass is 11.0. The summed E-state index contributed by atoms with van der Waals surface area (Å²) in [5.41, 5.74) is 0. The molecule has 0 aliphatic heterocycles. The first-order valence-electron chi connectivity index (χ1n) is 4.38. The molecule has 0 aliphatic rings. The average Bonchev–Trinajstić information content (AvgIpc) is 1.94. The molecule has 17 heavy (non-hydrogen) atoms. The smallest absolute Gasteiger partial charge is 0.150 e. The highest BCUT2D eigenvalue weighted by Crippen LogP contribution is 2.49. The molecule has 0 amide bonds. The minimum atomic E-state index is -2.82. The number of halogens is 9. The molecule has 1 atom stereocenters. The van der Waals surface area contributed by atoms with E-state index in [1.54, 1.807) is 6.55 Å². The maximum Gasteiger partial charge on any atom is 0.341 e. The van der Waals surface area contributed by atoms with Crippen LogP contribution in [0.3, 0.4) is 0 Å². The zero-order valence-electron chi connectivity index (χ0n) is 8.47. The Kier molecular flexibility index (Phi) is 9.22. The number of hydrogen-bond donors (Lipinski definition) is 0. The van der Waals surface area contributed by atoms with Gasteiger partial charge in [-0.3, -0.25) is 0 Å². The lowest BCUT2D eigenvalue weighted by molar-refractivity contribution is 1.37. The molecule has 0 nitrogen and oxygen atoms in total. The van der Waals surface area contributed by atoms with E-state index < -0.39 is 26.8 Å². The van der Waals surface area contributed by atoms with E-state index in [-0.39, 0.29) is 4.79 Å². The second kappa shape index (κ2) is 7.65. The van der Waals surface area contributed by atoms with Gasteiger partial charge in [-0.25, -0.2) is 0 Å². The Hall–Kier alpha value is 3.48. The van der Waals surface area contributed by atoms with Crippen LogP contribution in [0, 0.1) is 0 Å². The molecule has 0 aromatic heterocycles. The minimum absolute atomic E-state index is 0.362. The van der Waals surface area contributed by atoms with Gasteiger partial charge in [0.2, 0.25) is 7.42 Å². The summed E-state index contributed by atoms with van der Waals surface area (Å²) in [4.78, 5) is -0.369. The lowest BCUT2D eigenvalue weighted by Gasteiger charge is -2.33. The quantitative estimate of drug-likeness (QED) is 0.306. The molecule has 0 aromatic rings. The molecule has 0 heterocycles. The third-order valence-electron chi connectivity index (χ3n) is 1.99. The fourth-order valence-electron chi connectivity index (χ4n) is 1.24. The first kappa shape index (κ1) is 20.5. The van der Waals surface area contributed by atoms with E-state index in [4.69, 9.17) is 99.7 Å². The third kappa shape index (κ3) is 8.49. The van der Waals surface area contributed by atoms with Gasteiger partial charge in [0.15, 0.2) is 0 Å². The van der Waals surface area contributed by atoms with E-state index in [0.717, 1.165) is 0 Å². The summed E-state index contributed by atoms with van der Waals surface area (Å²) in [6.45, 7) is -3.76. The maximum atomic E-state index is 6.37. The van der Waals surface area contributed by atoms with E-state index in [9.17, 15) is 0 Å². The van der Waals surface area contributed by atoms with Crippen LogP contribution in [0.1, 0.15) is 0 Å². The van der Waals surface area contributed by atoms with Crippen molar-refractivity contribution in [2.75, 3.05) is 0 Å². The van der Waals surface area contributed by atoms with Crippen LogP contribution in [0.15, 0.2) is 0 Å². The Bertz CT molecular complexity index is 244. The fourth-order valence-corrected chi connectivity index (χ4v) is 42.3. The molecule has 0 spiro atoms. The predicted octanol–water partition coefficient (Wildman–Crippen LogP) is 6.26. The summed E-state index contributed by atoms with van der Waals surface area (Å²) >= 11 is 54.5. The third-order valence-corrected chi connectivity index (χ3v) is 30.1. The van der Waals surface area contributed by atoms with Crippen LogP contribution in [-0.2, 0) is 0 Å². The van der Waals surface area contributed by atoms with Crippen molar-refractivity contribution in [3.63, 3.8) is 0 Å². The largest absolute Gasteiger partial charge is 0.341 e. The van der Waals surface area contributed by atoms with Crippen LogP contribution >= 0.6 is 99.7 Å². The SMILES string of the molecule is C[Si](Cl)(Cl)C([SiH](Cl)Cl)[Si](Cl)(Cl)CC[Si](Cl)(Cl)Cl. The zero-order valence-corrected chi connectivity index (χ0v) is 19.4. The van der Waals surface area contributed by atoms with Gasteiger partial charge in [-0.2, -0.15) is 22.2 Å². The lowest BCUT2D eigenvalue weighted by Crippen LogP contribution is -2.45. The molecule has 0 radical (unpaired) electrons. The molecule has 0 bridgehead atoms. The zero-order chi connectivity index (χ0) is 14.1. The van der Waals surface area contributed by atoms with Crippen molar-refractivity contribution in [2.24, 2.45) is 0 Å². The highest BCUT2D eigenvalue weighted by molar-refractivity contribution is 7.66. The second-order valence-electron chi connectivity index (χ2n) is 3.64. The molecule has 0 aromatic carbocycles. The highest BCUT2D eigenvalue weighted by Gasteiger charge is 2.54. The van der Waals surface area contributed by atoms with Gasteiger partial charge in [0, 0.05) is 4.79 Å². The van der Waals surface area contributed by atoms with Crippen molar-refractivity contribution in [3.05, 3.63) is 0 Å². The van der Waals surface area contributed by atoms with Gasteiger partial charge >= 0.3 is 6.00 Å². The molecule has 0 saturated carbocycles. The molecule has 0 saturated heterocycles. The van der Waals surface area contributed by atoms with Gasteiger partial charge in [-0.1, -0.05) is 0 Å². The molecule has 0 fully saturated rings. The topological polar surface area (TPSA) is 0 Å². The van der Waals surface area contributed by atoms with E-state index in [1.165, 1.54) is 0 Å². The van der Waals surface area contributed by atoms with Crippen molar-refractivity contribution < 1.29 is 0 Å². The molecule has 0 aliphatic carbocycles. The first-order valence-corrected chi connectivity index (χ1v) is 22.7. The van der Waals surface area contributed by atoms with Crippen molar-refractivity contribution in [1.82, 2.24) is 0 Å². The fraction of sp³-hybridized carbons (Fsp3) is 1.00. The van der Waals surface area contributed by atoms with Crippen molar-refractivity contribution >= 4 is 127 Å². The van der Waals surface area contributed by atoms with Crippen molar-refractivity contribution in [3.8, 4) is 0 Å². The summed E-state index contributed by atoms with van der Waals surface area (Å²) in [5.74, 6) is 0. The molecule has 104 valence electrons. The van der Waals surface area contributed by atoms with Crippen LogP contribution in [0.2, 0.25) is 23.4 Å². The van der Waals surface area contributed by atoms with Crippen molar-refractivity contribution in [2.45, 2.75) is 23.4 Å². The van der Waals surface area contributed by atoms with E-state index in [2.05, 4.69) is 0 Å². The summed E-state index contributed by atoms with van der Waals surface area (Å²) in [7, 11) is -2.19. The van der Waals surface area contributed by atoms with Crippen LogP contribution in [-0.4, -0.2) is 26.8 Å². The van der Waals surface area contributed by atoms with Gasteiger partial charge in [-0.15, -0.1) is 77.6 Å². The first-order chi connectivity index (χ1) is 7.27. The normalized spacial score (nSPS) is 16.4. The van der Waals surface area contributed by atoms with Gasteiger partial charge in [0.1, 0.15) is 0 Å². The Labute approximate surface area is 148 Å². The van der Waals surface area contributed by atoms with Gasteiger partial charge in [-0.05, 0) is 18.6 Å². The summed E-state index contributed by atoms with van der Waals surface area (Å²) < 4.78 is 0. The molecule has 13 heteroatoms. The van der Waals surface area contributed by atoms with Crippen LogP contribution in [0.5, 0.6) is 0 Å². The van der Waals surface area contributed by atoms with E-state index >= 15 is 0 Å². The monoisotopic (exact) mass is 484 g/mol. The molecule has 0 N–H and O–H groups in total. The van der Waals surface area contributed by atoms with Crippen LogP contribution in [0.4, 0.5) is 0 Å². The van der Waals surface area contributed by atoms with Crippen molar-refractivity contribution in [1.29, 1.82) is 0 Å². The molecule has 0 rings (SSSR count). The Morgan fingerprint density at radius 1 is 0.882 bits per heavy atom. The van der Waals surface area contributed by atoms with Crippen LogP contribution in [0.25, 0.3) is 0 Å². The van der Waals surface area contributed by atoms with Gasteiger partial charge in [0.05, 0.1) is 0 Å². The second-order valence-corrected chi connectivity index (χ2v) is 34.8. The maximum absolute atomic E-state index is 6.37. The summed E-state index contributed by atoms with van der Waals surface area (Å²) in [5, 5.41) is 0. The van der Waals surface area contributed by atoms with Crippen LogP contribution < -0.4 is 0 Å². The van der Waals surface area contributed by atoms with E-state index in [0.29, 0.717) is 12.1 Å². The summed E-state index contributed by atoms with van der Waals surface area (Å²) in [6, 6.07) is -2.01. The number of rotatable bonds is 6. The minimum Gasteiger partial charge on any atom is -0.150 e. The van der Waals surface area contributed by atoms with Gasteiger partial charge in [0.25, 0.3) is 13.4 Å². The Balaban J connectivity index is 4.86. The predicted molar refractivity (Wildman–Crippen MR) is 96.3 cm³/mol. The molecular weight excluding hydrogens is 479 g/mol. The highest BCUT2D eigenvalue weighted by atomic mass is 35.8. The summed E-state index contributed by atoms with van der Waals surface area (Å²) in [6.07, 6.45) is 0. The Morgan fingerprint density at radius 3 is 1.53 bits per heavy atom. The van der Waals surface area contributed by atoms with Gasteiger partial charge < -0.3 is 0 Å².